The smallest absolute Gasteiger partial charge is 0.309 e. The Labute approximate surface area is 134 Å². The fourth-order valence-corrected chi connectivity index (χ4v) is 5.60. The molecule has 0 radical (unpaired) electrons. The molecule has 0 aromatic carbocycles. The molecule has 2 unspecified atom stereocenters. The minimum absolute atomic E-state index is 0.161. The van der Waals surface area contributed by atoms with Crippen molar-refractivity contribution in [2.45, 2.75) is 66.2 Å². The monoisotopic (exact) mass is 302 g/mol. The van der Waals surface area contributed by atoms with Gasteiger partial charge in [0, 0.05) is 0 Å². The molecule has 3 rings (SSSR count). The van der Waals surface area contributed by atoms with Gasteiger partial charge in [0.2, 0.25) is 0 Å². The molecule has 3 aliphatic rings. The van der Waals surface area contributed by atoms with E-state index < -0.39 is 11.4 Å². The molecule has 0 spiro atoms. The molecule has 0 heterocycles. The van der Waals surface area contributed by atoms with Gasteiger partial charge in [-0.05, 0) is 67.8 Å². The number of rotatable bonds is 2. The van der Waals surface area contributed by atoms with Crippen LogP contribution in [0.3, 0.4) is 0 Å². The molecule has 0 aromatic rings. The van der Waals surface area contributed by atoms with E-state index in [4.69, 9.17) is 0 Å². The summed E-state index contributed by atoms with van der Waals surface area (Å²) in [4.78, 5) is 11.9. The van der Waals surface area contributed by atoms with Crippen molar-refractivity contribution < 1.29 is 9.90 Å². The van der Waals surface area contributed by atoms with Crippen LogP contribution in [0.2, 0.25) is 0 Å². The van der Waals surface area contributed by atoms with Crippen molar-refractivity contribution in [1.29, 1.82) is 0 Å². The highest BCUT2D eigenvalue weighted by molar-refractivity contribution is 5.75. The van der Waals surface area contributed by atoms with E-state index in [1.807, 2.05) is 6.92 Å². The van der Waals surface area contributed by atoms with Gasteiger partial charge < -0.3 is 5.11 Å². The van der Waals surface area contributed by atoms with Crippen LogP contribution in [0.4, 0.5) is 0 Å². The maximum absolute atomic E-state index is 11.9. The number of fused-ring (bicyclic) bond motifs is 3. The third-order valence-electron chi connectivity index (χ3n) is 7.07. The Hall–Kier alpha value is -1.05. The zero-order valence-electron chi connectivity index (χ0n) is 14.5. The van der Waals surface area contributed by atoms with Gasteiger partial charge in [-0.1, -0.05) is 44.9 Å². The van der Waals surface area contributed by atoms with Crippen LogP contribution in [0.1, 0.15) is 66.2 Å². The summed E-state index contributed by atoms with van der Waals surface area (Å²) in [6.45, 7) is 8.93. The standard InChI is InChI=1S/C20H30O2/c1-13(2)14-6-8-16-15(12-14)7-9-17-19(16,3)10-5-11-20(17,4)18(21)22/h7,12-13,16-17H,5-6,8-11H2,1-4H3,(H,21,22)/t16?,17?,19-,20-/m0/s1. The lowest BCUT2D eigenvalue weighted by Gasteiger charge is -2.57. The topological polar surface area (TPSA) is 37.3 Å². The zero-order valence-corrected chi connectivity index (χ0v) is 14.5. The Morgan fingerprint density at radius 3 is 2.68 bits per heavy atom. The molecule has 22 heavy (non-hydrogen) atoms. The third kappa shape index (κ3) is 2.18. The van der Waals surface area contributed by atoms with Gasteiger partial charge in [0.1, 0.15) is 0 Å². The predicted octanol–water partition coefficient (Wildman–Crippen LogP) is 5.21. The average molecular weight is 302 g/mol. The Morgan fingerprint density at radius 1 is 1.32 bits per heavy atom. The normalized spacial score (nSPS) is 41.3. The SMILES string of the molecule is CC(C)C1=CC2=CCC3[C@@](C)(CCC[C@]3(C)C(=O)O)C2CC1. The highest BCUT2D eigenvalue weighted by Crippen LogP contribution is 2.62. The molecule has 0 bridgehead atoms. The van der Waals surface area contributed by atoms with Gasteiger partial charge in [0.05, 0.1) is 5.41 Å². The highest BCUT2D eigenvalue weighted by Gasteiger charge is 2.57. The highest BCUT2D eigenvalue weighted by atomic mass is 16.4. The summed E-state index contributed by atoms with van der Waals surface area (Å²) in [5.41, 5.74) is 2.69. The fourth-order valence-electron chi connectivity index (χ4n) is 5.60. The van der Waals surface area contributed by atoms with Crippen LogP contribution in [-0.2, 0) is 4.79 Å². The Bertz CT molecular complexity index is 542. The van der Waals surface area contributed by atoms with Crippen molar-refractivity contribution in [3.05, 3.63) is 23.3 Å². The van der Waals surface area contributed by atoms with Gasteiger partial charge in [0.25, 0.3) is 0 Å². The van der Waals surface area contributed by atoms with Crippen LogP contribution < -0.4 is 0 Å². The van der Waals surface area contributed by atoms with Crippen LogP contribution in [0.15, 0.2) is 23.3 Å². The minimum atomic E-state index is -0.588. The lowest BCUT2D eigenvalue weighted by molar-refractivity contribution is -0.162. The summed E-state index contributed by atoms with van der Waals surface area (Å²) in [6.07, 6.45) is 11.2. The van der Waals surface area contributed by atoms with Crippen molar-refractivity contribution in [2.24, 2.45) is 28.6 Å². The summed E-state index contributed by atoms with van der Waals surface area (Å²) >= 11 is 0. The number of carboxylic acid groups (broad SMARTS) is 1. The van der Waals surface area contributed by atoms with Gasteiger partial charge in [-0.25, -0.2) is 0 Å². The largest absolute Gasteiger partial charge is 0.481 e. The van der Waals surface area contributed by atoms with Crippen LogP contribution >= 0.6 is 0 Å². The maximum Gasteiger partial charge on any atom is 0.309 e. The second-order valence-corrected chi connectivity index (χ2v) is 8.54. The summed E-state index contributed by atoms with van der Waals surface area (Å²) in [5, 5.41) is 9.83. The number of carboxylic acids is 1. The van der Waals surface area contributed by atoms with Crippen LogP contribution in [0, 0.1) is 28.6 Å². The van der Waals surface area contributed by atoms with E-state index >= 15 is 0 Å². The Balaban J connectivity index is 2.00. The van der Waals surface area contributed by atoms with E-state index in [2.05, 4.69) is 32.9 Å². The molecule has 0 saturated heterocycles. The first-order chi connectivity index (χ1) is 10.3. The number of hydrogen-bond donors (Lipinski definition) is 1. The van der Waals surface area contributed by atoms with E-state index in [1.54, 1.807) is 5.57 Å². The number of carbonyl (C=O) groups is 1. The van der Waals surface area contributed by atoms with Crippen molar-refractivity contribution >= 4 is 5.97 Å². The molecule has 1 fully saturated rings. The summed E-state index contributed by atoms with van der Waals surface area (Å²) in [5.74, 6) is 0.888. The molecule has 0 aromatic heterocycles. The van der Waals surface area contributed by atoms with Crippen molar-refractivity contribution in [1.82, 2.24) is 0 Å². The maximum atomic E-state index is 11.9. The quantitative estimate of drug-likeness (QED) is 0.760. The van der Waals surface area contributed by atoms with Crippen LogP contribution in [0.5, 0.6) is 0 Å². The number of hydrogen-bond acceptors (Lipinski definition) is 1. The molecular weight excluding hydrogens is 272 g/mol. The van der Waals surface area contributed by atoms with E-state index in [0.717, 1.165) is 19.3 Å². The molecule has 3 aliphatic carbocycles. The Morgan fingerprint density at radius 2 is 2.05 bits per heavy atom. The Kier molecular flexibility index (Phi) is 3.78. The van der Waals surface area contributed by atoms with Crippen molar-refractivity contribution in [2.75, 3.05) is 0 Å². The summed E-state index contributed by atoms with van der Waals surface area (Å²) in [7, 11) is 0. The molecule has 122 valence electrons. The minimum Gasteiger partial charge on any atom is -0.481 e. The van der Waals surface area contributed by atoms with E-state index in [1.165, 1.54) is 24.8 Å². The van der Waals surface area contributed by atoms with Gasteiger partial charge in [-0.2, -0.15) is 0 Å². The van der Waals surface area contributed by atoms with Gasteiger partial charge in [-0.3, -0.25) is 4.79 Å². The molecule has 2 heteroatoms. The van der Waals surface area contributed by atoms with E-state index in [-0.39, 0.29) is 11.3 Å². The molecule has 0 amide bonds. The zero-order chi connectivity index (χ0) is 16.1. The van der Waals surface area contributed by atoms with Crippen LogP contribution in [-0.4, -0.2) is 11.1 Å². The predicted molar refractivity (Wildman–Crippen MR) is 89.5 cm³/mol. The van der Waals surface area contributed by atoms with Gasteiger partial charge in [0.15, 0.2) is 0 Å². The van der Waals surface area contributed by atoms with E-state index in [0.29, 0.717) is 11.8 Å². The second kappa shape index (κ2) is 5.25. The third-order valence-corrected chi connectivity index (χ3v) is 7.07. The average Bonchev–Trinajstić information content (AvgIpc) is 2.46. The first-order valence-corrected chi connectivity index (χ1v) is 8.93. The molecule has 1 saturated carbocycles. The van der Waals surface area contributed by atoms with Crippen molar-refractivity contribution in [3.8, 4) is 0 Å². The first kappa shape index (κ1) is 15.8. The number of aliphatic carboxylic acids is 1. The molecule has 0 aliphatic heterocycles. The molecule has 2 nitrogen and oxygen atoms in total. The second-order valence-electron chi connectivity index (χ2n) is 8.54. The van der Waals surface area contributed by atoms with Gasteiger partial charge >= 0.3 is 5.97 Å². The summed E-state index contributed by atoms with van der Waals surface area (Å²) < 4.78 is 0. The lowest BCUT2D eigenvalue weighted by Crippen LogP contribution is -2.53. The number of allylic oxidation sites excluding steroid dienone is 4. The molecule has 4 atom stereocenters. The first-order valence-electron chi connectivity index (χ1n) is 8.93. The van der Waals surface area contributed by atoms with E-state index in [9.17, 15) is 9.90 Å². The summed E-state index contributed by atoms with van der Waals surface area (Å²) in [6, 6.07) is 0. The molecular formula is C20H30O2. The van der Waals surface area contributed by atoms with Gasteiger partial charge in [-0.15, -0.1) is 0 Å². The fraction of sp³-hybridized carbons (Fsp3) is 0.750. The van der Waals surface area contributed by atoms with Crippen molar-refractivity contribution in [3.63, 3.8) is 0 Å². The van der Waals surface area contributed by atoms with Crippen LogP contribution in [0.25, 0.3) is 0 Å². The molecule has 1 N–H and O–H groups in total. The lowest BCUT2D eigenvalue weighted by atomic mass is 9.47.